The first-order valence-corrected chi connectivity index (χ1v) is 5.86. The molecule has 0 radical (unpaired) electrons. The highest BCUT2D eigenvalue weighted by atomic mass is 35.5. The van der Waals surface area contributed by atoms with Crippen LogP contribution in [0.2, 0.25) is 5.02 Å². The minimum absolute atomic E-state index is 0.0382. The summed E-state index contributed by atoms with van der Waals surface area (Å²) in [7, 11) is 0. The Morgan fingerprint density at radius 1 is 1.32 bits per heavy atom. The van der Waals surface area contributed by atoms with Crippen molar-refractivity contribution >= 4 is 17.6 Å². The van der Waals surface area contributed by atoms with Crippen LogP contribution in [0.15, 0.2) is 24.4 Å². The summed E-state index contributed by atoms with van der Waals surface area (Å²) in [5.41, 5.74) is 1.56. The standard InChI is InChI=1S/C13H11ClN2O3/c1-7-5-9(14)6-8(2)11(7)19-12-10(13(17)18)3-4-15-16-12/h3-6H,1-2H3,(H,17,18). The number of aromatic carboxylic acids is 1. The Balaban J connectivity index is 2.45. The molecule has 6 heteroatoms. The van der Waals surface area contributed by atoms with E-state index in [-0.39, 0.29) is 11.4 Å². The third-order valence-electron chi connectivity index (χ3n) is 2.54. The van der Waals surface area contributed by atoms with Crippen LogP contribution in [-0.2, 0) is 0 Å². The zero-order valence-corrected chi connectivity index (χ0v) is 11.1. The Kier molecular flexibility index (Phi) is 3.66. The molecule has 0 saturated heterocycles. The summed E-state index contributed by atoms with van der Waals surface area (Å²) < 4.78 is 5.57. The van der Waals surface area contributed by atoms with Crippen molar-refractivity contribution in [2.45, 2.75) is 13.8 Å². The third-order valence-corrected chi connectivity index (χ3v) is 2.76. The largest absolute Gasteiger partial charge is 0.477 e. The van der Waals surface area contributed by atoms with E-state index in [1.54, 1.807) is 12.1 Å². The lowest BCUT2D eigenvalue weighted by atomic mass is 10.1. The molecule has 0 aliphatic heterocycles. The molecular formula is C13H11ClN2O3. The Labute approximate surface area is 114 Å². The zero-order valence-electron chi connectivity index (χ0n) is 10.3. The van der Waals surface area contributed by atoms with Crippen molar-refractivity contribution in [2.24, 2.45) is 0 Å². The molecule has 1 N–H and O–H groups in total. The number of rotatable bonds is 3. The Bertz CT molecular complexity index is 621. The van der Waals surface area contributed by atoms with E-state index in [0.717, 1.165) is 11.1 Å². The second kappa shape index (κ2) is 5.24. The van der Waals surface area contributed by atoms with Gasteiger partial charge in [-0.25, -0.2) is 4.79 Å². The van der Waals surface area contributed by atoms with E-state index in [2.05, 4.69) is 10.2 Å². The number of aryl methyl sites for hydroxylation is 2. The van der Waals surface area contributed by atoms with Crippen molar-refractivity contribution < 1.29 is 14.6 Å². The van der Waals surface area contributed by atoms with Gasteiger partial charge >= 0.3 is 5.97 Å². The molecule has 0 amide bonds. The van der Waals surface area contributed by atoms with Crippen molar-refractivity contribution in [3.63, 3.8) is 0 Å². The van der Waals surface area contributed by atoms with Gasteiger partial charge < -0.3 is 9.84 Å². The second-order valence-electron chi connectivity index (χ2n) is 4.03. The van der Waals surface area contributed by atoms with E-state index in [1.807, 2.05) is 13.8 Å². The van der Waals surface area contributed by atoms with E-state index in [4.69, 9.17) is 21.4 Å². The molecule has 2 rings (SSSR count). The van der Waals surface area contributed by atoms with Crippen molar-refractivity contribution in [1.82, 2.24) is 10.2 Å². The molecule has 0 aliphatic carbocycles. The van der Waals surface area contributed by atoms with E-state index in [0.29, 0.717) is 10.8 Å². The van der Waals surface area contributed by atoms with Gasteiger partial charge in [0.05, 0.1) is 6.20 Å². The monoisotopic (exact) mass is 278 g/mol. The molecule has 0 spiro atoms. The number of carboxylic acid groups (broad SMARTS) is 1. The van der Waals surface area contributed by atoms with E-state index in [1.165, 1.54) is 12.3 Å². The minimum Gasteiger partial charge on any atom is -0.477 e. The third kappa shape index (κ3) is 2.82. The molecule has 0 saturated carbocycles. The summed E-state index contributed by atoms with van der Waals surface area (Å²) in [6.45, 7) is 3.65. The van der Waals surface area contributed by atoms with Gasteiger partial charge in [0, 0.05) is 5.02 Å². The maximum atomic E-state index is 11.1. The fourth-order valence-electron chi connectivity index (χ4n) is 1.71. The number of benzene rings is 1. The van der Waals surface area contributed by atoms with Crippen LogP contribution in [0, 0.1) is 13.8 Å². The number of carboxylic acids is 1. The van der Waals surface area contributed by atoms with Crippen LogP contribution < -0.4 is 4.74 Å². The lowest BCUT2D eigenvalue weighted by molar-refractivity contribution is 0.0693. The van der Waals surface area contributed by atoms with Gasteiger partial charge in [0.25, 0.3) is 5.88 Å². The number of nitrogens with zero attached hydrogens (tertiary/aromatic N) is 2. The molecule has 1 aromatic heterocycles. The highest BCUT2D eigenvalue weighted by Crippen LogP contribution is 2.31. The molecule has 2 aromatic rings. The molecule has 0 unspecified atom stereocenters. The second-order valence-corrected chi connectivity index (χ2v) is 4.46. The average molecular weight is 279 g/mol. The first kappa shape index (κ1) is 13.3. The summed E-state index contributed by atoms with van der Waals surface area (Å²) in [5.74, 6) is -0.620. The van der Waals surface area contributed by atoms with Crippen molar-refractivity contribution in [2.75, 3.05) is 0 Å². The van der Waals surface area contributed by atoms with Gasteiger partial charge in [-0.3, -0.25) is 0 Å². The van der Waals surface area contributed by atoms with Gasteiger partial charge in [0.1, 0.15) is 11.3 Å². The number of hydrogen-bond donors (Lipinski definition) is 1. The predicted molar refractivity (Wildman–Crippen MR) is 70.0 cm³/mol. The SMILES string of the molecule is Cc1cc(Cl)cc(C)c1Oc1nnccc1C(=O)O. The fourth-order valence-corrected chi connectivity index (χ4v) is 2.04. The van der Waals surface area contributed by atoms with Gasteiger partial charge in [0.2, 0.25) is 0 Å². The molecule has 0 aliphatic rings. The quantitative estimate of drug-likeness (QED) is 0.933. The molecule has 19 heavy (non-hydrogen) atoms. The van der Waals surface area contributed by atoms with E-state index < -0.39 is 5.97 Å². The summed E-state index contributed by atoms with van der Waals surface area (Å²) in [5, 5.41) is 17.0. The topological polar surface area (TPSA) is 72.3 Å². The van der Waals surface area contributed by atoms with Crippen LogP contribution >= 0.6 is 11.6 Å². The van der Waals surface area contributed by atoms with E-state index in [9.17, 15) is 4.79 Å². The zero-order chi connectivity index (χ0) is 14.0. The maximum absolute atomic E-state index is 11.1. The van der Waals surface area contributed by atoms with Crippen molar-refractivity contribution in [1.29, 1.82) is 0 Å². The lowest BCUT2D eigenvalue weighted by Gasteiger charge is -2.12. The molecule has 0 fully saturated rings. The van der Waals surface area contributed by atoms with Crippen molar-refractivity contribution in [3.8, 4) is 11.6 Å². The highest BCUT2D eigenvalue weighted by molar-refractivity contribution is 6.30. The van der Waals surface area contributed by atoms with Gasteiger partial charge in [0.15, 0.2) is 0 Å². The molecule has 98 valence electrons. The number of hydrogen-bond acceptors (Lipinski definition) is 4. The molecular weight excluding hydrogens is 268 g/mol. The molecule has 5 nitrogen and oxygen atoms in total. The Morgan fingerprint density at radius 3 is 2.53 bits per heavy atom. The number of halogens is 1. The molecule has 0 atom stereocenters. The summed E-state index contributed by atoms with van der Waals surface area (Å²) in [6.07, 6.45) is 1.30. The van der Waals surface area contributed by atoms with Crippen molar-refractivity contribution in [3.05, 3.63) is 46.1 Å². The summed E-state index contributed by atoms with van der Waals surface area (Å²) in [4.78, 5) is 11.1. The lowest BCUT2D eigenvalue weighted by Crippen LogP contribution is -2.04. The predicted octanol–water partition coefficient (Wildman–Crippen LogP) is 3.24. The molecule has 1 heterocycles. The molecule has 1 aromatic carbocycles. The van der Waals surface area contributed by atoms with Gasteiger partial charge in [-0.05, 0) is 43.2 Å². The first-order valence-electron chi connectivity index (χ1n) is 5.48. The highest BCUT2D eigenvalue weighted by Gasteiger charge is 2.16. The van der Waals surface area contributed by atoms with Crippen LogP contribution in [0.5, 0.6) is 11.6 Å². The number of ether oxygens (including phenoxy) is 1. The number of carbonyl (C=O) groups is 1. The van der Waals surface area contributed by atoms with Gasteiger partial charge in [-0.2, -0.15) is 5.10 Å². The van der Waals surface area contributed by atoms with Crippen LogP contribution in [0.4, 0.5) is 0 Å². The first-order chi connectivity index (χ1) is 8.99. The smallest absolute Gasteiger partial charge is 0.341 e. The van der Waals surface area contributed by atoms with Crippen LogP contribution in [-0.4, -0.2) is 21.3 Å². The van der Waals surface area contributed by atoms with E-state index >= 15 is 0 Å². The Morgan fingerprint density at radius 2 is 1.95 bits per heavy atom. The maximum Gasteiger partial charge on any atom is 0.341 e. The fraction of sp³-hybridized carbons (Fsp3) is 0.154. The van der Waals surface area contributed by atoms with Gasteiger partial charge in [-0.1, -0.05) is 11.6 Å². The Hall–Kier alpha value is -2.14. The number of aromatic nitrogens is 2. The normalized spacial score (nSPS) is 10.3. The van der Waals surface area contributed by atoms with Crippen LogP contribution in [0.1, 0.15) is 21.5 Å². The summed E-state index contributed by atoms with van der Waals surface area (Å²) in [6, 6.07) is 4.81. The van der Waals surface area contributed by atoms with Crippen LogP contribution in [0.3, 0.4) is 0 Å². The van der Waals surface area contributed by atoms with Gasteiger partial charge in [-0.15, -0.1) is 5.10 Å². The van der Waals surface area contributed by atoms with Crippen LogP contribution in [0.25, 0.3) is 0 Å². The summed E-state index contributed by atoms with van der Waals surface area (Å²) >= 11 is 5.93. The average Bonchev–Trinajstić information content (AvgIpc) is 2.34. The molecule has 0 bridgehead atoms. The minimum atomic E-state index is -1.12.